The normalized spacial score (nSPS) is 10.8. The first-order valence-corrected chi connectivity index (χ1v) is 6.76. The van der Waals surface area contributed by atoms with Gasteiger partial charge in [-0.05, 0) is 30.7 Å². The van der Waals surface area contributed by atoms with E-state index in [-0.39, 0.29) is 17.6 Å². The molecule has 1 aromatic heterocycles. The largest absolute Gasteiger partial charge is 0.319 e. The predicted molar refractivity (Wildman–Crippen MR) is 77.3 cm³/mol. The van der Waals surface area contributed by atoms with Crippen molar-refractivity contribution in [3.63, 3.8) is 0 Å². The van der Waals surface area contributed by atoms with E-state index in [1.807, 2.05) is 39.0 Å². The first-order chi connectivity index (χ1) is 8.97. The number of carbonyl (C=O) groups is 1. The van der Waals surface area contributed by atoms with Crippen LogP contribution in [0.15, 0.2) is 22.7 Å². The number of aromatic nitrogens is 3. The molecule has 0 spiro atoms. The molecule has 2 rings (SSSR count). The van der Waals surface area contributed by atoms with E-state index >= 15 is 0 Å². The Balaban J connectivity index is 2.13. The van der Waals surface area contributed by atoms with Gasteiger partial charge in [-0.1, -0.05) is 29.8 Å². The van der Waals surface area contributed by atoms with Crippen molar-refractivity contribution in [3.05, 3.63) is 39.9 Å². The molecule has 0 radical (unpaired) electrons. The van der Waals surface area contributed by atoms with Gasteiger partial charge in [0.1, 0.15) is 5.82 Å². The number of hydrogen-bond donors (Lipinski definition) is 2. The molecule has 0 bridgehead atoms. The van der Waals surface area contributed by atoms with Crippen LogP contribution in [0.25, 0.3) is 0 Å². The summed E-state index contributed by atoms with van der Waals surface area (Å²) in [6, 6.07) is 5.60. The number of rotatable bonds is 3. The third kappa shape index (κ3) is 3.20. The van der Waals surface area contributed by atoms with Crippen LogP contribution in [0, 0.1) is 6.92 Å². The van der Waals surface area contributed by atoms with E-state index in [2.05, 4.69) is 36.4 Å². The van der Waals surface area contributed by atoms with Crippen LogP contribution >= 0.6 is 15.9 Å². The molecule has 2 aromatic rings. The number of amides is 1. The number of carbonyl (C=O) groups excluding carboxylic acids is 1. The maximum absolute atomic E-state index is 12.0. The summed E-state index contributed by atoms with van der Waals surface area (Å²) in [5, 5.41) is 9.45. The zero-order valence-electron chi connectivity index (χ0n) is 11.0. The molecule has 0 saturated carbocycles. The Bertz CT molecular complexity index is 606. The lowest BCUT2D eigenvalue weighted by Gasteiger charge is -2.04. The monoisotopic (exact) mass is 322 g/mol. The van der Waals surface area contributed by atoms with Crippen LogP contribution < -0.4 is 5.32 Å². The first-order valence-electron chi connectivity index (χ1n) is 5.97. The number of H-pyrrole nitrogens is 1. The second-order valence-electron chi connectivity index (χ2n) is 4.62. The fourth-order valence-electron chi connectivity index (χ4n) is 1.54. The minimum atomic E-state index is -0.315. The van der Waals surface area contributed by atoms with Gasteiger partial charge in [-0.15, -0.1) is 5.10 Å². The lowest BCUT2D eigenvalue weighted by molar-refractivity contribution is 0.101. The molecule has 1 aromatic carbocycles. The molecule has 0 saturated heterocycles. The molecule has 0 fully saturated rings. The summed E-state index contributed by atoms with van der Waals surface area (Å²) in [6.45, 7) is 5.93. The number of aromatic amines is 1. The van der Waals surface area contributed by atoms with E-state index < -0.39 is 0 Å². The zero-order valence-corrected chi connectivity index (χ0v) is 12.6. The van der Waals surface area contributed by atoms with Crippen molar-refractivity contribution in [2.24, 2.45) is 0 Å². The number of aryl methyl sites for hydroxylation is 1. The van der Waals surface area contributed by atoms with E-state index in [4.69, 9.17) is 0 Å². The van der Waals surface area contributed by atoms with E-state index in [9.17, 15) is 4.79 Å². The van der Waals surface area contributed by atoms with Crippen LogP contribution in [-0.2, 0) is 0 Å². The predicted octanol–water partition coefficient (Wildman–Crippen LogP) is 3.25. The van der Waals surface area contributed by atoms with E-state index in [0.29, 0.717) is 5.82 Å². The Morgan fingerprint density at radius 1 is 1.42 bits per heavy atom. The van der Waals surface area contributed by atoms with Gasteiger partial charge in [-0.2, -0.15) is 0 Å². The quantitative estimate of drug-likeness (QED) is 0.911. The molecule has 0 unspecified atom stereocenters. The van der Waals surface area contributed by atoms with Crippen molar-refractivity contribution in [2.45, 2.75) is 26.7 Å². The molecule has 19 heavy (non-hydrogen) atoms. The van der Waals surface area contributed by atoms with E-state index in [0.717, 1.165) is 15.7 Å². The SMILES string of the molecule is Cc1cc(NC(=O)c2n[nH]c(C(C)C)n2)ccc1Br. The molecule has 0 aliphatic carbocycles. The third-order valence-corrected chi connectivity index (χ3v) is 3.56. The summed E-state index contributed by atoms with van der Waals surface area (Å²) in [4.78, 5) is 16.1. The lowest BCUT2D eigenvalue weighted by atomic mass is 10.2. The van der Waals surface area contributed by atoms with Crippen LogP contribution in [0.2, 0.25) is 0 Å². The number of hydrogen-bond acceptors (Lipinski definition) is 3. The maximum atomic E-state index is 12.0. The fourth-order valence-corrected chi connectivity index (χ4v) is 1.79. The molecule has 2 N–H and O–H groups in total. The van der Waals surface area contributed by atoms with Crippen LogP contribution in [0.5, 0.6) is 0 Å². The highest BCUT2D eigenvalue weighted by atomic mass is 79.9. The minimum Gasteiger partial charge on any atom is -0.319 e. The molecule has 0 aliphatic rings. The van der Waals surface area contributed by atoms with Crippen molar-refractivity contribution in [1.82, 2.24) is 15.2 Å². The third-order valence-electron chi connectivity index (χ3n) is 2.67. The average Bonchev–Trinajstić information content (AvgIpc) is 2.83. The summed E-state index contributed by atoms with van der Waals surface area (Å²) in [5.41, 5.74) is 1.78. The molecule has 100 valence electrons. The molecule has 1 amide bonds. The van der Waals surface area contributed by atoms with Gasteiger partial charge < -0.3 is 5.32 Å². The fraction of sp³-hybridized carbons (Fsp3) is 0.308. The number of nitrogens with zero attached hydrogens (tertiary/aromatic N) is 2. The highest BCUT2D eigenvalue weighted by Crippen LogP contribution is 2.20. The molecular formula is C13H15BrN4O. The number of nitrogens with one attached hydrogen (secondary N) is 2. The molecule has 0 aliphatic heterocycles. The highest BCUT2D eigenvalue weighted by molar-refractivity contribution is 9.10. The van der Waals surface area contributed by atoms with Crippen LogP contribution in [0.1, 0.15) is 41.8 Å². The van der Waals surface area contributed by atoms with Crippen LogP contribution in [0.4, 0.5) is 5.69 Å². The minimum absolute atomic E-state index is 0.157. The molecule has 5 nitrogen and oxygen atoms in total. The van der Waals surface area contributed by atoms with Gasteiger partial charge >= 0.3 is 0 Å². The summed E-state index contributed by atoms with van der Waals surface area (Å²) < 4.78 is 1.01. The molecule has 6 heteroatoms. The Kier molecular flexibility index (Phi) is 3.99. The Morgan fingerprint density at radius 3 is 2.74 bits per heavy atom. The Labute approximate surface area is 120 Å². The van der Waals surface area contributed by atoms with Gasteiger partial charge in [0.2, 0.25) is 5.82 Å². The second-order valence-corrected chi connectivity index (χ2v) is 5.47. The maximum Gasteiger partial charge on any atom is 0.295 e. The molecular weight excluding hydrogens is 308 g/mol. The smallest absolute Gasteiger partial charge is 0.295 e. The van der Waals surface area contributed by atoms with Gasteiger partial charge in [-0.25, -0.2) is 4.98 Å². The Hall–Kier alpha value is -1.69. The number of halogens is 1. The van der Waals surface area contributed by atoms with Crippen molar-refractivity contribution in [3.8, 4) is 0 Å². The number of anilines is 1. The van der Waals surface area contributed by atoms with E-state index in [1.54, 1.807) is 0 Å². The van der Waals surface area contributed by atoms with Crippen LogP contribution in [-0.4, -0.2) is 21.1 Å². The van der Waals surface area contributed by atoms with Crippen molar-refractivity contribution < 1.29 is 4.79 Å². The first kappa shape index (κ1) is 13.7. The topological polar surface area (TPSA) is 70.7 Å². The highest BCUT2D eigenvalue weighted by Gasteiger charge is 2.14. The lowest BCUT2D eigenvalue weighted by Crippen LogP contribution is -2.14. The van der Waals surface area contributed by atoms with Gasteiger partial charge in [0.15, 0.2) is 0 Å². The van der Waals surface area contributed by atoms with Crippen molar-refractivity contribution in [1.29, 1.82) is 0 Å². The van der Waals surface area contributed by atoms with Gasteiger partial charge in [0.05, 0.1) is 0 Å². The average molecular weight is 323 g/mol. The van der Waals surface area contributed by atoms with E-state index in [1.165, 1.54) is 0 Å². The van der Waals surface area contributed by atoms with Crippen molar-refractivity contribution >= 4 is 27.5 Å². The Morgan fingerprint density at radius 2 is 2.16 bits per heavy atom. The standard InChI is InChI=1S/C13H15BrN4O/c1-7(2)11-16-12(18-17-11)13(19)15-9-4-5-10(14)8(3)6-9/h4-7H,1-3H3,(H,15,19)(H,16,17,18). The van der Waals surface area contributed by atoms with Crippen LogP contribution in [0.3, 0.4) is 0 Å². The zero-order chi connectivity index (χ0) is 14.0. The molecule has 1 heterocycles. The summed E-state index contributed by atoms with van der Waals surface area (Å²) >= 11 is 3.42. The summed E-state index contributed by atoms with van der Waals surface area (Å²) in [5.74, 6) is 0.759. The second kappa shape index (κ2) is 5.52. The van der Waals surface area contributed by atoms with Gasteiger partial charge in [0, 0.05) is 16.1 Å². The number of benzene rings is 1. The summed E-state index contributed by atoms with van der Waals surface area (Å²) in [7, 11) is 0. The van der Waals surface area contributed by atoms with Crippen molar-refractivity contribution in [2.75, 3.05) is 5.32 Å². The molecule has 0 atom stereocenters. The summed E-state index contributed by atoms with van der Waals surface area (Å²) in [6.07, 6.45) is 0. The van der Waals surface area contributed by atoms with Gasteiger partial charge in [-0.3, -0.25) is 9.89 Å². The van der Waals surface area contributed by atoms with Gasteiger partial charge in [0.25, 0.3) is 5.91 Å².